The number of nitrogens with zero attached hydrogens (tertiary/aromatic N) is 1. The minimum Gasteiger partial charge on any atom is -0.507 e. The van der Waals surface area contributed by atoms with Gasteiger partial charge in [0.25, 0.3) is 5.91 Å². The molecule has 0 radical (unpaired) electrons. The molecule has 2 N–H and O–H groups in total. The molecule has 0 saturated heterocycles. The predicted octanol–water partition coefficient (Wildman–Crippen LogP) is 2.30. The van der Waals surface area contributed by atoms with Crippen molar-refractivity contribution in [2.24, 2.45) is 0 Å². The Bertz CT molecular complexity index is 479. The molecule has 2 rings (SSSR count). The Balaban J connectivity index is 2.07. The standard InChI is InChI=1S/C16H24N2O2/c1-11-5-4-6-14(15(11)19)16(20)18(3)13-9-7-12(17-2)8-10-13/h4-6,12-13,17,19H,7-10H2,1-3H3. The van der Waals surface area contributed by atoms with E-state index < -0.39 is 0 Å². The van der Waals surface area contributed by atoms with Crippen molar-refractivity contribution in [1.29, 1.82) is 0 Å². The van der Waals surface area contributed by atoms with Gasteiger partial charge in [-0.15, -0.1) is 0 Å². The van der Waals surface area contributed by atoms with E-state index in [1.807, 2.05) is 33.2 Å². The molecule has 20 heavy (non-hydrogen) atoms. The molecule has 0 bridgehead atoms. The molecule has 4 nitrogen and oxygen atoms in total. The highest BCUT2D eigenvalue weighted by Crippen LogP contribution is 2.27. The van der Waals surface area contributed by atoms with Crippen LogP contribution in [-0.2, 0) is 0 Å². The Morgan fingerprint density at radius 3 is 2.55 bits per heavy atom. The third-order valence-electron chi connectivity index (χ3n) is 4.44. The highest BCUT2D eigenvalue weighted by atomic mass is 16.3. The van der Waals surface area contributed by atoms with Crippen molar-refractivity contribution in [2.45, 2.75) is 44.7 Å². The molecule has 1 aliphatic rings. The Morgan fingerprint density at radius 1 is 1.30 bits per heavy atom. The molecule has 1 fully saturated rings. The van der Waals surface area contributed by atoms with E-state index in [0.29, 0.717) is 11.6 Å². The van der Waals surface area contributed by atoms with E-state index in [1.54, 1.807) is 11.0 Å². The number of carbonyl (C=O) groups is 1. The summed E-state index contributed by atoms with van der Waals surface area (Å²) in [6.07, 6.45) is 4.22. The van der Waals surface area contributed by atoms with Gasteiger partial charge in [-0.25, -0.2) is 0 Å². The number of nitrogens with one attached hydrogen (secondary N) is 1. The van der Waals surface area contributed by atoms with Crippen LogP contribution < -0.4 is 5.32 Å². The first-order chi connectivity index (χ1) is 9.54. The van der Waals surface area contributed by atoms with Crippen LogP contribution in [0.25, 0.3) is 0 Å². The van der Waals surface area contributed by atoms with E-state index in [2.05, 4.69) is 5.32 Å². The summed E-state index contributed by atoms with van der Waals surface area (Å²) in [7, 11) is 3.83. The van der Waals surface area contributed by atoms with Gasteiger partial charge < -0.3 is 15.3 Å². The number of aromatic hydroxyl groups is 1. The number of hydrogen-bond acceptors (Lipinski definition) is 3. The molecular weight excluding hydrogens is 252 g/mol. The lowest BCUT2D eigenvalue weighted by Crippen LogP contribution is -2.42. The number of benzene rings is 1. The van der Waals surface area contributed by atoms with Gasteiger partial charge in [0.15, 0.2) is 0 Å². The second kappa shape index (κ2) is 6.27. The molecule has 1 aromatic rings. The largest absolute Gasteiger partial charge is 0.507 e. The smallest absolute Gasteiger partial charge is 0.257 e. The summed E-state index contributed by atoms with van der Waals surface area (Å²) in [5, 5.41) is 13.3. The van der Waals surface area contributed by atoms with E-state index in [0.717, 1.165) is 31.2 Å². The van der Waals surface area contributed by atoms with Gasteiger partial charge in [0, 0.05) is 19.1 Å². The van der Waals surface area contributed by atoms with E-state index in [9.17, 15) is 9.90 Å². The maximum absolute atomic E-state index is 12.5. The Hall–Kier alpha value is -1.55. The summed E-state index contributed by atoms with van der Waals surface area (Å²) in [5.41, 5.74) is 1.14. The summed E-state index contributed by atoms with van der Waals surface area (Å²) >= 11 is 0. The molecule has 110 valence electrons. The quantitative estimate of drug-likeness (QED) is 0.890. The number of hydrogen-bond donors (Lipinski definition) is 2. The fraction of sp³-hybridized carbons (Fsp3) is 0.562. The van der Waals surface area contributed by atoms with E-state index in [1.165, 1.54) is 0 Å². The normalized spacial score (nSPS) is 22.6. The van der Waals surface area contributed by atoms with Gasteiger partial charge in [0.05, 0.1) is 5.56 Å². The van der Waals surface area contributed by atoms with Crippen molar-refractivity contribution in [3.05, 3.63) is 29.3 Å². The zero-order chi connectivity index (χ0) is 14.7. The van der Waals surface area contributed by atoms with Gasteiger partial charge in [-0.3, -0.25) is 4.79 Å². The molecule has 0 atom stereocenters. The summed E-state index contributed by atoms with van der Waals surface area (Å²) in [6, 6.07) is 6.16. The van der Waals surface area contributed by atoms with E-state index in [-0.39, 0.29) is 17.7 Å². The Kier molecular flexibility index (Phi) is 4.65. The lowest BCUT2D eigenvalue weighted by molar-refractivity contribution is 0.0682. The van der Waals surface area contributed by atoms with Gasteiger partial charge in [0.2, 0.25) is 0 Å². The molecule has 0 unspecified atom stereocenters. The number of phenolic OH excluding ortho intramolecular Hbond substituents is 1. The first kappa shape index (κ1) is 14.9. The topological polar surface area (TPSA) is 52.6 Å². The number of carbonyl (C=O) groups excluding carboxylic acids is 1. The molecule has 1 saturated carbocycles. The van der Waals surface area contributed by atoms with Crippen LogP contribution in [0.2, 0.25) is 0 Å². The fourth-order valence-electron chi connectivity index (χ4n) is 2.94. The van der Waals surface area contributed by atoms with Gasteiger partial charge in [-0.05, 0) is 51.3 Å². The van der Waals surface area contributed by atoms with Crippen LogP contribution in [0.15, 0.2) is 18.2 Å². The zero-order valence-electron chi connectivity index (χ0n) is 12.5. The fourth-order valence-corrected chi connectivity index (χ4v) is 2.94. The molecule has 0 heterocycles. The molecule has 0 spiro atoms. The van der Waals surface area contributed by atoms with Crippen LogP contribution >= 0.6 is 0 Å². The van der Waals surface area contributed by atoms with Crippen molar-refractivity contribution in [3.63, 3.8) is 0 Å². The molecule has 1 aliphatic carbocycles. The first-order valence-corrected chi connectivity index (χ1v) is 7.27. The molecular formula is C16H24N2O2. The predicted molar refractivity (Wildman–Crippen MR) is 80.0 cm³/mol. The van der Waals surface area contributed by atoms with Crippen molar-refractivity contribution >= 4 is 5.91 Å². The van der Waals surface area contributed by atoms with Gasteiger partial charge in [-0.2, -0.15) is 0 Å². The van der Waals surface area contributed by atoms with E-state index in [4.69, 9.17) is 0 Å². The van der Waals surface area contributed by atoms with Crippen LogP contribution in [0.5, 0.6) is 5.75 Å². The van der Waals surface area contributed by atoms with Gasteiger partial charge in [-0.1, -0.05) is 12.1 Å². The maximum atomic E-state index is 12.5. The molecule has 0 aliphatic heterocycles. The minimum atomic E-state index is -0.0842. The third kappa shape index (κ3) is 2.96. The van der Waals surface area contributed by atoms with Gasteiger partial charge in [0.1, 0.15) is 5.75 Å². The lowest BCUT2D eigenvalue weighted by Gasteiger charge is -2.34. The molecule has 0 aromatic heterocycles. The van der Waals surface area contributed by atoms with Crippen molar-refractivity contribution < 1.29 is 9.90 Å². The molecule has 4 heteroatoms. The molecule has 1 amide bonds. The average molecular weight is 276 g/mol. The monoisotopic (exact) mass is 276 g/mol. The first-order valence-electron chi connectivity index (χ1n) is 7.27. The van der Waals surface area contributed by atoms with Crippen LogP contribution in [0, 0.1) is 6.92 Å². The van der Waals surface area contributed by atoms with Gasteiger partial charge >= 0.3 is 0 Å². The zero-order valence-corrected chi connectivity index (χ0v) is 12.5. The van der Waals surface area contributed by atoms with Crippen molar-refractivity contribution in [3.8, 4) is 5.75 Å². The van der Waals surface area contributed by atoms with Crippen molar-refractivity contribution in [1.82, 2.24) is 10.2 Å². The summed E-state index contributed by atoms with van der Waals surface area (Å²) < 4.78 is 0. The summed E-state index contributed by atoms with van der Waals surface area (Å²) in [5.74, 6) is 0.0207. The second-order valence-corrected chi connectivity index (χ2v) is 5.68. The highest BCUT2D eigenvalue weighted by molar-refractivity contribution is 5.97. The lowest BCUT2D eigenvalue weighted by atomic mass is 9.90. The number of phenols is 1. The van der Waals surface area contributed by atoms with Crippen LogP contribution in [0.4, 0.5) is 0 Å². The maximum Gasteiger partial charge on any atom is 0.257 e. The van der Waals surface area contributed by atoms with Crippen LogP contribution in [0.3, 0.4) is 0 Å². The summed E-state index contributed by atoms with van der Waals surface area (Å²) in [4.78, 5) is 14.3. The Morgan fingerprint density at radius 2 is 1.95 bits per heavy atom. The van der Waals surface area contributed by atoms with Crippen LogP contribution in [-0.4, -0.2) is 42.1 Å². The number of amides is 1. The second-order valence-electron chi connectivity index (χ2n) is 5.68. The summed E-state index contributed by atoms with van der Waals surface area (Å²) in [6.45, 7) is 1.81. The van der Waals surface area contributed by atoms with Crippen LogP contribution in [0.1, 0.15) is 41.6 Å². The number of aryl methyl sites for hydroxylation is 1. The van der Waals surface area contributed by atoms with Crippen molar-refractivity contribution in [2.75, 3.05) is 14.1 Å². The number of para-hydroxylation sites is 1. The number of rotatable bonds is 3. The SMILES string of the molecule is CNC1CCC(N(C)C(=O)c2cccc(C)c2O)CC1. The average Bonchev–Trinajstić information content (AvgIpc) is 2.48. The third-order valence-corrected chi connectivity index (χ3v) is 4.44. The van der Waals surface area contributed by atoms with E-state index >= 15 is 0 Å². The Labute approximate surface area is 120 Å². The highest BCUT2D eigenvalue weighted by Gasteiger charge is 2.27. The molecule has 1 aromatic carbocycles. The minimum absolute atomic E-state index is 0.0842.